The Morgan fingerprint density at radius 3 is 2.67 bits per heavy atom. The number of hydrogen-bond donors (Lipinski definition) is 0. The van der Waals surface area contributed by atoms with E-state index in [0.29, 0.717) is 6.04 Å². The smallest absolute Gasteiger partial charge is 0.161 e. The Kier molecular flexibility index (Phi) is 4.21. The zero-order valence-electron chi connectivity index (χ0n) is 14.7. The Morgan fingerprint density at radius 1 is 1.04 bits per heavy atom. The highest BCUT2D eigenvalue weighted by molar-refractivity contribution is 5.57. The lowest BCUT2D eigenvalue weighted by Gasteiger charge is -2.48. The Hall–Kier alpha value is -1.97. The molecule has 24 heavy (non-hydrogen) atoms. The molecule has 0 radical (unpaired) electrons. The number of aryl methyl sites for hydroxylation is 1. The summed E-state index contributed by atoms with van der Waals surface area (Å²) in [4.78, 5) is 16.3. The number of pyridine rings is 1. The van der Waals surface area contributed by atoms with Crippen LogP contribution in [0.2, 0.25) is 0 Å². The van der Waals surface area contributed by atoms with Crippen molar-refractivity contribution in [2.45, 2.75) is 52.0 Å². The van der Waals surface area contributed by atoms with Gasteiger partial charge < -0.3 is 4.90 Å². The van der Waals surface area contributed by atoms with Crippen molar-refractivity contribution >= 4 is 5.82 Å². The summed E-state index contributed by atoms with van der Waals surface area (Å²) in [5.74, 6) is 3.60. The van der Waals surface area contributed by atoms with Gasteiger partial charge in [-0.2, -0.15) is 0 Å². The van der Waals surface area contributed by atoms with Crippen LogP contribution in [0.5, 0.6) is 0 Å². The van der Waals surface area contributed by atoms with Crippen LogP contribution in [0.25, 0.3) is 11.4 Å². The van der Waals surface area contributed by atoms with Gasteiger partial charge in [-0.05, 0) is 50.2 Å². The molecule has 1 saturated carbocycles. The molecule has 1 aliphatic heterocycles. The van der Waals surface area contributed by atoms with Crippen LogP contribution in [0.1, 0.15) is 44.7 Å². The average molecular weight is 322 g/mol. The molecule has 0 spiro atoms. The van der Waals surface area contributed by atoms with E-state index in [9.17, 15) is 0 Å². The first kappa shape index (κ1) is 15.6. The van der Waals surface area contributed by atoms with Crippen molar-refractivity contribution in [1.82, 2.24) is 15.0 Å². The SMILES string of the molecule is Cc1cc(N2CC[C@H](C)[C@@H]3CCCC[C@H]32)nc(-c2ccncc2)n1. The Morgan fingerprint density at radius 2 is 1.83 bits per heavy atom. The van der Waals surface area contributed by atoms with Crippen LogP contribution in [-0.2, 0) is 0 Å². The fourth-order valence-electron chi connectivity index (χ4n) is 4.53. The largest absolute Gasteiger partial charge is 0.353 e. The molecule has 4 rings (SSSR count). The predicted molar refractivity (Wildman–Crippen MR) is 96.9 cm³/mol. The molecule has 0 N–H and O–H groups in total. The standard InChI is InChI=1S/C20H26N4/c1-14-9-12-24(18-6-4-3-5-17(14)18)19-13-15(2)22-20(23-19)16-7-10-21-11-8-16/h7-8,10-11,13-14,17-18H,3-6,9,12H2,1-2H3/t14-,17-,18+/m0/s1. The van der Waals surface area contributed by atoms with E-state index in [1.165, 1.54) is 32.1 Å². The third-order valence-corrected chi connectivity index (χ3v) is 5.81. The summed E-state index contributed by atoms with van der Waals surface area (Å²) in [5.41, 5.74) is 2.08. The maximum Gasteiger partial charge on any atom is 0.161 e. The van der Waals surface area contributed by atoms with Crippen molar-refractivity contribution in [3.63, 3.8) is 0 Å². The molecule has 3 atom stereocenters. The van der Waals surface area contributed by atoms with Crippen LogP contribution >= 0.6 is 0 Å². The number of aromatic nitrogens is 3. The molecular weight excluding hydrogens is 296 g/mol. The minimum absolute atomic E-state index is 0.655. The van der Waals surface area contributed by atoms with E-state index in [1.807, 2.05) is 12.1 Å². The number of anilines is 1. The number of rotatable bonds is 2. The van der Waals surface area contributed by atoms with Crippen molar-refractivity contribution < 1.29 is 0 Å². The molecule has 126 valence electrons. The highest BCUT2D eigenvalue weighted by Crippen LogP contribution is 2.40. The quantitative estimate of drug-likeness (QED) is 0.829. The fraction of sp³-hybridized carbons (Fsp3) is 0.550. The van der Waals surface area contributed by atoms with Crippen LogP contribution in [0.4, 0.5) is 5.82 Å². The summed E-state index contributed by atoms with van der Waals surface area (Å²) in [7, 11) is 0. The highest BCUT2D eigenvalue weighted by Gasteiger charge is 2.38. The zero-order chi connectivity index (χ0) is 16.5. The van der Waals surface area contributed by atoms with E-state index < -0.39 is 0 Å². The number of fused-ring (bicyclic) bond motifs is 1. The Labute approximate surface area is 144 Å². The monoisotopic (exact) mass is 322 g/mol. The van der Waals surface area contributed by atoms with Gasteiger partial charge in [-0.15, -0.1) is 0 Å². The average Bonchev–Trinajstić information content (AvgIpc) is 2.62. The third kappa shape index (κ3) is 2.90. The van der Waals surface area contributed by atoms with Gasteiger partial charge >= 0.3 is 0 Å². The molecular formula is C20H26N4. The Balaban J connectivity index is 1.69. The lowest BCUT2D eigenvalue weighted by Crippen LogP contribution is -2.50. The normalized spacial score (nSPS) is 26.9. The minimum Gasteiger partial charge on any atom is -0.353 e. The zero-order valence-corrected chi connectivity index (χ0v) is 14.7. The van der Waals surface area contributed by atoms with Crippen LogP contribution in [0.3, 0.4) is 0 Å². The molecule has 0 amide bonds. The molecule has 1 aliphatic carbocycles. The molecule has 2 aromatic rings. The number of hydrogen-bond acceptors (Lipinski definition) is 4. The van der Waals surface area contributed by atoms with Crippen molar-refractivity contribution in [3.05, 3.63) is 36.3 Å². The molecule has 2 aliphatic rings. The predicted octanol–water partition coefficient (Wildman–Crippen LogP) is 4.25. The van der Waals surface area contributed by atoms with Gasteiger partial charge in [0.05, 0.1) is 0 Å². The molecule has 1 saturated heterocycles. The summed E-state index contributed by atoms with van der Waals surface area (Å²) in [6.07, 6.45) is 10.3. The third-order valence-electron chi connectivity index (χ3n) is 5.81. The fourth-order valence-corrected chi connectivity index (χ4v) is 4.53. The molecule has 0 bridgehead atoms. The second-order valence-electron chi connectivity index (χ2n) is 7.40. The molecule has 3 heterocycles. The van der Waals surface area contributed by atoms with Crippen molar-refractivity contribution in [3.8, 4) is 11.4 Å². The summed E-state index contributed by atoms with van der Waals surface area (Å²) in [5, 5.41) is 0. The number of piperidine rings is 1. The topological polar surface area (TPSA) is 41.9 Å². The maximum atomic E-state index is 4.93. The van der Waals surface area contributed by atoms with E-state index in [0.717, 1.165) is 41.3 Å². The van der Waals surface area contributed by atoms with Gasteiger partial charge in [-0.1, -0.05) is 19.8 Å². The first-order chi connectivity index (χ1) is 11.7. The van der Waals surface area contributed by atoms with Gasteiger partial charge in [-0.3, -0.25) is 4.98 Å². The van der Waals surface area contributed by atoms with Crippen molar-refractivity contribution in [2.75, 3.05) is 11.4 Å². The second-order valence-corrected chi connectivity index (χ2v) is 7.40. The molecule has 2 aromatic heterocycles. The molecule has 2 fully saturated rings. The molecule has 0 aromatic carbocycles. The second kappa shape index (κ2) is 6.50. The van der Waals surface area contributed by atoms with E-state index in [4.69, 9.17) is 4.98 Å². The van der Waals surface area contributed by atoms with Gasteiger partial charge in [0, 0.05) is 42.3 Å². The van der Waals surface area contributed by atoms with Crippen LogP contribution in [0.15, 0.2) is 30.6 Å². The first-order valence-electron chi connectivity index (χ1n) is 9.25. The maximum absolute atomic E-state index is 4.93. The molecule has 4 heteroatoms. The summed E-state index contributed by atoms with van der Waals surface area (Å²) in [6, 6.07) is 6.79. The Bertz CT molecular complexity index is 700. The summed E-state index contributed by atoms with van der Waals surface area (Å²) >= 11 is 0. The summed E-state index contributed by atoms with van der Waals surface area (Å²) in [6.45, 7) is 5.63. The van der Waals surface area contributed by atoms with Crippen LogP contribution in [0, 0.1) is 18.8 Å². The van der Waals surface area contributed by atoms with E-state index in [1.54, 1.807) is 12.4 Å². The lowest BCUT2D eigenvalue weighted by molar-refractivity contribution is 0.177. The van der Waals surface area contributed by atoms with Crippen LogP contribution in [-0.4, -0.2) is 27.5 Å². The number of nitrogens with zero attached hydrogens (tertiary/aromatic N) is 4. The van der Waals surface area contributed by atoms with Gasteiger partial charge in [0.2, 0.25) is 0 Å². The van der Waals surface area contributed by atoms with Crippen molar-refractivity contribution in [1.29, 1.82) is 0 Å². The molecule has 4 nitrogen and oxygen atoms in total. The van der Waals surface area contributed by atoms with Crippen molar-refractivity contribution in [2.24, 2.45) is 11.8 Å². The minimum atomic E-state index is 0.655. The van der Waals surface area contributed by atoms with Gasteiger partial charge in [0.25, 0.3) is 0 Å². The van der Waals surface area contributed by atoms with Gasteiger partial charge in [-0.25, -0.2) is 9.97 Å². The molecule has 0 unspecified atom stereocenters. The van der Waals surface area contributed by atoms with Crippen LogP contribution < -0.4 is 4.90 Å². The lowest BCUT2D eigenvalue weighted by atomic mass is 9.72. The summed E-state index contributed by atoms with van der Waals surface area (Å²) < 4.78 is 0. The highest BCUT2D eigenvalue weighted by atomic mass is 15.2. The van der Waals surface area contributed by atoms with E-state index in [-0.39, 0.29) is 0 Å². The first-order valence-corrected chi connectivity index (χ1v) is 9.25. The van der Waals surface area contributed by atoms with Gasteiger partial charge in [0.1, 0.15) is 5.82 Å². The van der Waals surface area contributed by atoms with E-state index >= 15 is 0 Å². The van der Waals surface area contributed by atoms with E-state index in [2.05, 4.69) is 34.8 Å². The van der Waals surface area contributed by atoms with Gasteiger partial charge in [0.15, 0.2) is 5.82 Å².